The van der Waals surface area contributed by atoms with Crippen LogP contribution in [0.1, 0.15) is 50.4 Å². The van der Waals surface area contributed by atoms with E-state index >= 15 is 0 Å². The zero-order valence-electron chi connectivity index (χ0n) is 29.3. The maximum absolute atomic E-state index is 14.4. The number of likely N-dealkylation sites (N-methyl/N-ethyl adjacent to an activating group) is 1. The Balaban J connectivity index is 1.35. The molecule has 0 aromatic heterocycles. The fourth-order valence-electron chi connectivity index (χ4n) is 5.84. The number of ether oxygens (including phenoxy) is 4. The SMILES string of the molecule is C[C@H](CO)N1C[C@H](C)[C@H](CN(C)C(=O)Nc2ccc(F)cc2)OCCCC[C@H](C)Oc2ccc(NC(=O)Nc3ccc4c(c3)OCO4)cc2C1=O. The molecule has 2 aliphatic heterocycles. The van der Waals surface area contributed by atoms with E-state index in [0.29, 0.717) is 47.3 Å². The van der Waals surface area contributed by atoms with Crippen molar-refractivity contribution in [3.05, 3.63) is 72.0 Å². The van der Waals surface area contributed by atoms with Gasteiger partial charge in [-0.2, -0.15) is 0 Å². The lowest BCUT2D eigenvalue weighted by Gasteiger charge is -2.35. The van der Waals surface area contributed by atoms with Crippen LogP contribution >= 0.6 is 0 Å². The normalized spacial score (nSPS) is 19.9. The number of aliphatic hydroxyl groups excluding tert-OH is 1. The Labute approximate surface area is 297 Å². The van der Waals surface area contributed by atoms with E-state index in [4.69, 9.17) is 18.9 Å². The molecule has 0 unspecified atom stereocenters. The van der Waals surface area contributed by atoms with Crippen LogP contribution in [-0.4, -0.2) is 91.3 Å². The Morgan fingerprint density at radius 2 is 1.61 bits per heavy atom. The molecule has 0 aliphatic carbocycles. The van der Waals surface area contributed by atoms with Crippen molar-refractivity contribution >= 4 is 35.0 Å². The number of hydrogen-bond acceptors (Lipinski definition) is 8. The molecule has 4 N–H and O–H groups in total. The number of fused-ring (bicyclic) bond motifs is 2. The summed E-state index contributed by atoms with van der Waals surface area (Å²) >= 11 is 0. The van der Waals surface area contributed by atoms with E-state index in [-0.39, 0.29) is 44.1 Å². The summed E-state index contributed by atoms with van der Waals surface area (Å²) in [5.74, 6) is 0.398. The first-order valence-electron chi connectivity index (χ1n) is 17.1. The van der Waals surface area contributed by atoms with Gasteiger partial charge in [0.25, 0.3) is 5.91 Å². The molecule has 13 nitrogen and oxygen atoms in total. The highest BCUT2D eigenvalue weighted by Crippen LogP contribution is 2.34. The van der Waals surface area contributed by atoms with Gasteiger partial charge in [0.15, 0.2) is 11.5 Å². The van der Waals surface area contributed by atoms with Gasteiger partial charge >= 0.3 is 12.1 Å². The van der Waals surface area contributed by atoms with Gasteiger partial charge in [0.1, 0.15) is 11.6 Å². The van der Waals surface area contributed by atoms with Crippen LogP contribution in [0.25, 0.3) is 0 Å². The minimum absolute atomic E-state index is 0.111. The third kappa shape index (κ3) is 10.0. The van der Waals surface area contributed by atoms with Gasteiger partial charge in [0.2, 0.25) is 6.79 Å². The minimum Gasteiger partial charge on any atom is -0.490 e. The van der Waals surface area contributed by atoms with E-state index in [1.807, 2.05) is 13.8 Å². The Kier molecular flexibility index (Phi) is 12.6. The summed E-state index contributed by atoms with van der Waals surface area (Å²) in [5.41, 5.74) is 1.53. The molecule has 0 spiro atoms. The van der Waals surface area contributed by atoms with Crippen molar-refractivity contribution in [1.29, 1.82) is 0 Å². The summed E-state index contributed by atoms with van der Waals surface area (Å²) in [6.07, 6.45) is 1.57. The molecule has 14 heteroatoms. The van der Waals surface area contributed by atoms with Gasteiger partial charge in [-0.3, -0.25) is 4.79 Å². The first-order valence-corrected chi connectivity index (χ1v) is 17.1. The van der Waals surface area contributed by atoms with E-state index in [2.05, 4.69) is 16.0 Å². The summed E-state index contributed by atoms with van der Waals surface area (Å²) in [5, 5.41) is 18.6. The second-order valence-electron chi connectivity index (χ2n) is 13.0. The highest BCUT2D eigenvalue weighted by atomic mass is 19.1. The number of benzene rings is 3. The second kappa shape index (κ2) is 17.2. The smallest absolute Gasteiger partial charge is 0.323 e. The van der Waals surface area contributed by atoms with Gasteiger partial charge in [-0.25, -0.2) is 14.0 Å². The van der Waals surface area contributed by atoms with Crippen molar-refractivity contribution in [1.82, 2.24) is 9.80 Å². The molecule has 0 saturated carbocycles. The van der Waals surface area contributed by atoms with E-state index in [1.54, 1.807) is 55.3 Å². The summed E-state index contributed by atoms with van der Waals surface area (Å²) < 4.78 is 36.7. The maximum Gasteiger partial charge on any atom is 0.323 e. The van der Waals surface area contributed by atoms with Gasteiger partial charge in [0, 0.05) is 55.8 Å². The predicted molar refractivity (Wildman–Crippen MR) is 190 cm³/mol. The molecule has 0 radical (unpaired) electrons. The molecule has 5 amide bonds. The number of nitrogens with one attached hydrogen (secondary N) is 3. The Hall–Kier alpha value is -5.08. The number of urea groups is 2. The van der Waals surface area contributed by atoms with Gasteiger partial charge in [-0.05, 0) is 87.7 Å². The largest absolute Gasteiger partial charge is 0.490 e. The molecule has 0 fully saturated rings. The van der Waals surface area contributed by atoms with Crippen LogP contribution in [-0.2, 0) is 4.74 Å². The van der Waals surface area contributed by atoms with Gasteiger partial charge in [-0.1, -0.05) is 6.92 Å². The molecule has 3 aromatic carbocycles. The van der Waals surface area contributed by atoms with Gasteiger partial charge in [-0.15, -0.1) is 0 Å². The van der Waals surface area contributed by atoms with E-state index in [9.17, 15) is 23.9 Å². The molecule has 3 aromatic rings. The summed E-state index contributed by atoms with van der Waals surface area (Å²) in [6.45, 7) is 6.27. The lowest BCUT2D eigenvalue weighted by Crippen LogP contribution is -2.48. The third-order valence-electron chi connectivity index (χ3n) is 8.84. The monoisotopic (exact) mass is 707 g/mol. The summed E-state index contributed by atoms with van der Waals surface area (Å²) in [7, 11) is 1.64. The number of nitrogens with zero attached hydrogens (tertiary/aromatic N) is 2. The number of rotatable bonds is 7. The average Bonchev–Trinajstić information content (AvgIpc) is 3.58. The number of amides is 5. The first-order chi connectivity index (χ1) is 24.5. The number of aliphatic hydroxyl groups is 1. The fraction of sp³-hybridized carbons (Fsp3) is 0.432. The van der Waals surface area contributed by atoms with Crippen molar-refractivity contribution in [2.45, 2.75) is 58.3 Å². The maximum atomic E-state index is 14.4. The molecule has 51 heavy (non-hydrogen) atoms. The Morgan fingerprint density at radius 3 is 2.33 bits per heavy atom. The molecule has 0 bridgehead atoms. The molecule has 274 valence electrons. The van der Waals surface area contributed by atoms with Crippen molar-refractivity contribution in [3.63, 3.8) is 0 Å². The highest BCUT2D eigenvalue weighted by Gasteiger charge is 2.31. The van der Waals surface area contributed by atoms with Gasteiger partial charge in [0.05, 0.1) is 30.4 Å². The third-order valence-corrected chi connectivity index (χ3v) is 8.84. The molecule has 0 saturated heterocycles. The quantitative estimate of drug-likeness (QED) is 0.228. The van der Waals surface area contributed by atoms with Crippen molar-refractivity contribution in [2.24, 2.45) is 5.92 Å². The number of carbonyl (C=O) groups is 3. The van der Waals surface area contributed by atoms with Crippen LogP contribution in [0, 0.1) is 11.7 Å². The lowest BCUT2D eigenvalue weighted by molar-refractivity contribution is -0.0115. The van der Waals surface area contributed by atoms with E-state index < -0.39 is 35.9 Å². The van der Waals surface area contributed by atoms with Crippen LogP contribution in [0.5, 0.6) is 17.2 Å². The first kappa shape index (κ1) is 37.2. The number of anilines is 3. The van der Waals surface area contributed by atoms with E-state index in [0.717, 1.165) is 12.8 Å². The number of halogens is 1. The summed E-state index contributed by atoms with van der Waals surface area (Å²) in [4.78, 5) is 43.5. The highest BCUT2D eigenvalue weighted by molar-refractivity contribution is 6.02. The minimum atomic E-state index is -0.579. The van der Waals surface area contributed by atoms with Gasteiger partial charge < -0.3 is 49.8 Å². The predicted octanol–water partition coefficient (Wildman–Crippen LogP) is 6.16. The van der Waals surface area contributed by atoms with Crippen molar-refractivity contribution < 1.29 is 42.8 Å². The lowest BCUT2D eigenvalue weighted by atomic mass is 10.0. The average molecular weight is 708 g/mol. The van der Waals surface area contributed by atoms with Crippen molar-refractivity contribution in [2.75, 3.05) is 56.1 Å². The zero-order chi connectivity index (χ0) is 36.5. The Bertz CT molecular complexity index is 1680. The van der Waals surface area contributed by atoms with Crippen LogP contribution in [0.2, 0.25) is 0 Å². The molecule has 4 atom stereocenters. The number of hydrogen-bond donors (Lipinski definition) is 4. The van der Waals surface area contributed by atoms with E-state index in [1.165, 1.54) is 29.2 Å². The fourth-order valence-corrected chi connectivity index (χ4v) is 5.84. The number of carbonyl (C=O) groups excluding carboxylic acids is 3. The van der Waals surface area contributed by atoms with Crippen molar-refractivity contribution in [3.8, 4) is 17.2 Å². The second-order valence-corrected chi connectivity index (χ2v) is 13.0. The Morgan fingerprint density at radius 1 is 0.941 bits per heavy atom. The van der Waals surface area contributed by atoms with Crippen LogP contribution in [0.15, 0.2) is 60.7 Å². The molecular formula is C37H46FN5O8. The zero-order valence-corrected chi connectivity index (χ0v) is 29.3. The molecule has 5 rings (SSSR count). The van der Waals surface area contributed by atoms with Crippen LogP contribution in [0.4, 0.5) is 31.0 Å². The molecule has 2 aliphatic rings. The molecular weight excluding hydrogens is 661 g/mol. The van der Waals surface area contributed by atoms with Crippen LogP contribution < -0.4 is 30.2 Å². The topological polar surface area (TPSA) is 151 Å². The molecule has 2 heterocycles. The van der Waals surface area contributed by atoms with Crippen LogP contribution in [0.3, 0.4) is 0 Å². The standard InChI is InChI=1S/C37H46FN5O8/c1-23-19-43(24(2)21-44)35(45)30-17-28(39-36(46)40-29-13-15-32-33(18-29)50-22-49-32)12-14-31(30)51-25(3)7-5-6-16-48-34(23)20-42(4)37(47)41-27-10-8-26(38)9-11-27/h8-15,17-18,23-25,34,44H,5-7,16,19-22H2,1-4H3,(H,41,47)(H2,39,40,46)/t23-,24+,25-,34-/m0/s1. The summed E-state index contributed by atoms with van der Waals surface area (Å²) in [6, 6.07) is 14.0.